The van der Waals surface area contributed by atoms with Gasteiger partial charge in [0.15, 0.2) is 0 Å². The summed E-state index contributed by atoms with van der Waals surface area (Å²) in [5.74, 6) is -0.0719. The van der Waals surface area contributed by atoms with Gasteiger partial charge in [-0.05, 0) is 48.2 Å². The zero-order valence-electron chi connectivity index (χ0n) is 13.8. The van der Waals surface area contributed by atoms with Crippen molar-refractivity contribution in [1.82, 2.24) is 9.97 Å². The molecule has 0 aliphatic carbocycles. The summed E-state index contributed by atoms with van der Waals surface area (Å²) < 4.78 is 13.5. The van der Waals surface area contributed by atoms with Gasteiger partial charge in [0.25, 0.3) is 0 Å². The number of halogens is 1. The first-order valence-electron chi connectivity index (χ1n) is 8.06. The zero-order valence-corrected chi connectivity index (χ0v) is 13.8. The fraction of sp³-hybridized carbons (Fsp3) is 0.211. The molecule has 1 amide bonds. The third-order valence-corrected chi connectivity index (χ3v) is 4.07. The van der Waals surface area contributed by atoms with Gasteiger partial charge in [0.1, 0.15) is 11.6 Å². The van der Waals surface area contributed by atoms with Crippen molar-refractivity contribution >= 4 is 28.3 Å². The lowest BCUT2D eigenvalue weighted by Gasteiger charge is -2.12. The van der Waals surface area contributed by atoms with E-state index in [1.807, 2.05) is 13.1 Å². The molecule has 0 saturated heterocycles. The van der Waals surface area contributed by atoms with Gasteiger partial charge in [-0.3, -0.25) is 4.79 Å². The van der Waals surface area contributed by atoms with Crippen LogP contribution in [-0.2, 0) is 4.79 Å². The minimum absolute atomic E-state index is 0.00528. The summed E-state index contributed by atoms with van der Waals surface area (Å²) in [4.78, 5) is 19.1. The number of aromatic amines is 1. The molecule has 25 heavy (non-hydrogen) atoms. The quantitative estimate of drug-likeness (QED) is 0.587. The van der Waals surface area contributed by atoms with Crippen LogP contribution >= 0.6 is 0 Å². The van der Waals surface area contributed by atoms with E-state index in [0.29, 0.717) is 18.0 Å². The van der Waals surface area contributed by atoms with E-state index in [2.05, 4.69) is 15.3 Å². The molecule has 0 aliphatic heterocycles. The third-order valence-electron chi connectivity index (χ3n) is 4.07. The average molecular weight is 338 g/mol. The monoisotopic (exact) mass is 338 g/mol. The summed E-state index contributed by atoms with van der Waals surface area (Å²) in [7, 11) is 0. The van der Waals surface area contributed by atoms with Crippen LogP contribution in [0.3, 0.4) is 0 Å². The molecule has 3 N–H and O–H groups in total. The van der Waals surface area contributed by atoms with Gasteiger partial charge in [-0.1, -0.05) is 13.0 Å². The van der Waals surface area contributed by atoms with Gasteiger partial charge in [-0.2, -0.15) is 0 Å². The predicted molar refractivity (Wildman–Crippen MR) is 96.5 cm³/mol. The second-order valence-corrected chi connectivity index (χ2v) is 6.08. The fourth-order valence-corrected chi connectivity index (χ4v) is 2.89. The minimum Gasteiger partial charge on any atom is -0.361 e. The Kier molecular flexibility index (Phi) is 4.88. The zero-order chi connectivity index (χ0) is 17.8. The first kappa shape index (κ1) is 16.8. The number of nitrogens with one attached hydrogen (secondary N) is 3. The largest absolute Gasteiger partial charge is 0.361 e. The molecule has 128 valence electrons. The van der Waals surface area contributed by atoms with Gasteiger partial charge < -0.3 is 15.7 Å². The van der Waals surface area contributed by atoms with E-state index in [-0.39, 0.29) is 24.1 Å². The average Bonchev–Trinajstić information content (AvgIpc) is 2.98. The normalized spacial score (nSPS) is 12.1. The topological polar surface area (TPSA) is 81.6 Å². The lowest BCUT2D eigenvalue weighted by Crippen LogP contribution is -2.17. The number of aromatic nitrogens is 2. The Hall–Kier alpha value is -3.02. The van der Waals surface area contributed by atoms with Crippen LogP contribution in [0.15, 0.2) is 48.8 Å². The third kappa shape index (κ3) is 4.09. The predicted octanol–water partition coefficient (Wildman–Crippen LogP) is 4.24. The van der Waals surface area contributed by atoms with Crippen LogP contribution in [0.5, 0.6) is 0 Å². The Balaban J connectivity index is 1.62. The van der Waals surface area contributed by atoms with Crippen molar-refractivity contribution in [2.24, 2.45) is 0 Å². The molecule has 0 spiro atoms. The highest BCUT2D eigenvalue weighted by atomic mass is 19.1. The van der Waals surface area contributed by atoms with Gasteiger partial charge in [0, 0.05) is 29.0 Å². The van der Waals surface area contributed by atoms with Gasteiger partial charge in [-0.15, -0.1) is 0 Å². The highest BCUT2D eigenvalue weighted by Gasteiger charge is 2.16. The highest BCUT2D eigenvalue weighted by molar-refractivity contribution is 6.05. The van der Waals surface area contributed by atoms with Crippen molar-refractivity contribution in [3.05, 3.63) is 60.2 Å². The first-order chi connectivity index (χ1) is 12.0. The molecule has 5 nitrogen and oxygen atoms in total. The van der Waals surface area contributed by atoms with Crippen molar-refractivity contribution in [3.63, 3.8) is 0 Å². The Morgan fingerprint density at radius 2 is 2.20 bits per heavy atom. The van der Waals surface area contributed by atoms with Crippen molar-refractivity contribution in [2.45, 2.75) is 25.7 Å². The number of pyridine rings is 1. The number of benzene rings is 1. The van der Waals surface area contributed by atoms with Crippen molar-refractivity contribution in [3.8, 4) is 0 Å². The van der Waals surface area contributed by atoms with Crippen molar-refractivity contribution < 1.29 is 9.18 Å². The Labute approximate surface area is 144 Å². The van der Waals surface area contributed by atoms with Crippen LogP contribution in [0.2, 0.25) is 0 Å². The molecule has 3 aromatic rings. The van der Waals surface area contributed by atoms with Gasteiger partial charge in [0.2, 0.25) is 5.91 Å². The molecule has 1 aromatic carbocycles. The molecule has 0 radical (unpaired) electrons. The maximum absolute atomic E-state index is 13.5. The molecular formula is C19H19FN4O. The minimum atomic E-state index is -0.287. The Morgan fingerprint density at radius 1 is 1.36 bits per heavy atom. The van der Waals surface area contributed by atoms with Gasteiger partial charge in [-0.25, -0.2) is 9.37 Å². The second-order valence-electron chi connectivity index (χ2n) is 6.08. The molecule has 1 atom stereocenters. The van der Waals surface area contributed by atoms with E-state index in [4.69, 9.17) is 5.41 Å². The van der Waals surface area contributed by atoms with Crippen LogP contribution in [-0.4, -0.2) is 21.6 Å². The summed E-state index contributed by atoms with van der Waals surface area (Å²) in [6.07, 6.45) is 3.88. The maximum atomic E-state index is 13.5. The number of nitrogens with zero attached hydrogens (tertiary/aromatic N) is 1. The number of fused-ring (bicyclic) bond motifs is 1. The van der Waals surface area contributed by atoms with Gasteiger partial charge >= 0.3 is 0 Å². The Morgan fingerprint density at radius 3 is 2.96 bits per heavy atom. The SMILES string of the molecule is CC(CC(=N)CC(=O)Nc1ccccn1)c1c[nH]c2ccc(F)cc12. The van der Waals surface area contributed by atoms with E-state index in [1.54, 1.807) is 30.5 Å². The summed E-state index contributed by atoms with van der Waals surface area (Å²) in [6, 6.07) is 9.86. The van der Waals surface area contributed by atoms with Gasteiger partial charge in [0.05, 0.1) is 6.42 Å². The number of hydrogen-bond donors (Lipinski definition) is 3. The summed E-state index contributed by atoms with van der Waals surface area (Å²) in [5.41, 5.74) is 2.14. The lowest BCUT2D eigenvalue weighted by atomic mass is 9.94. The van der Waals surface area contributed by atoms with E-state index >= 15 is 0 Å². The van der Waals surface area contributed by atoms with Crippen molar-refractivity contribution in [2.75, 3.05) is 5.32 Å². The van der Waals surface area contributed by atoms with Crippen LogP contribution in [0.1, 0.15) is 31.2 Å². The fourth-order valence-electron chi connectivity index (χ4n) is 2.89. The molecule has 0 aliphatic rings. The molecule has 6 heteroatoms. The number of rotatable bonds is 6. The molecule has 2 aromatic heterocycles. The summed E-state index contributed by atoms with van der Waals surface area (Å²) >= 11 is 0. The van der Waals surface area contributed by atoms with Crippen LogP contribution in [0.4, 0.5) is 10.2 Å². The molecule has 1 unspecified atom stereocenters. The molecule has 2 heterocycles. The molecule has 0 saturated carbocycles. The van der Waals surface area contributed by atoms with E-state index in [9.17, 15) is 9.18 Å². The van der Waals surface area contributed by atoms with Crippen LogP contribution < -0.4 is 5.32 Å². The number of amides is 1. The molecular weight excluding hydrogens is 319 g/mol. The maximum Gasteiger partial charge on any atom is 0.231 e. The van der Waals surface area contributed by atoms with E-state index in [0.717, 1.165) is 16.5 Å². The lowest BCUT2D eigenvalue weighted by molar-refractivity contribution is -0.115. The number of H-pyrrole nitrogens is 1. The number of anilines is 1. The number of carbonyl (C=O) groups excluding carboxylic acids is 1. The Bertz CT molecular complexity index is 904. The molecule has 0 fully saturated rings. The smallest absolute Gasteiger partial charge is 0.231 e. The van der Waals surface area contributed by atoms with Crippen molar-refractivity contribution in [1.29, 1.82) is 5.41 Å². The summed E-state index contributed by atoms with van der Waals surface area (Å²) in [6.45, 7) is 1.97. The summed E-state index contributed by atoms with van der Waals surface area (Å²) in [5, 5.41) is 11.6. The van der Waals surface area contributed by atoms with Crippen LogP contribution in [0, 0.1) is 11.2 Å². The first-order valence-corrected chi connectivity index (χ1v) is 8.06. The van der Waals surface area contributed by atoms with E-state index < -0.39 is 0 Å². The second kappa shape index (κ2) is 7.25. The number of carbonyl (C=O) groups is 1. The number of hydrogen-bond acceptors (Lipinski definition) is 3. The molecule has 0 bridgehead atoms. The highest BCUT2D eigenvalue weighted by Crippen LogP contribution is 2.28. The van der Waals surface area contributed by atoms with Crippen LogP contribution in [0.25, 0.3) is 10.9 Å². The standard InChI is InChI=1S/C19H19FN4O/c1-12(16-11-23-17-6-5-13(20)9-15(16)17)8-14(21)10-19(25)24-18-4-2-3-7-22-18/h2-7,9,11-12,21,23H,8,10H2,1H3,(H,22,24,25). The van der Waals surface area contributed by atoms with E-state index in [1.165, 1.54) is 12.1 Å². The molecule has 3 rings (SSSR count).